The molecule has 0 saturated heterocycles. The Kier molecular flexibility index (Phi) is 7.51. The largest absolute Gasteiger partial charge is 0.480 e. The van der Waals surface area contributed by atoms with Crippen molar-refractivity contribution in [2.75, 3.05) is 6.61 Å². The molecular weight excluding hydrogens is 408 g/mol. The molecule has 1 aliphatic carbocycles. The van der Waals surface area contributed by atoms with Gasteiger partial charge in [-0.1, -0.05) is 69.3 Å². The number of amides is 2. The van der Waals surface area contributed by atoms with Gasteiger partial charge in [0.15, 0.2) is 0 Å². The molecule has 0 fully saturated rings. The van der Waals surface area contributed by atoms with E-state index >= 15 is 0 Å². The van der Waals surface area contributed by atoms with Crippen LogP contribution in [0.4, 0.5) is 4.79 Å². The summed E-state index contributed by atoms with van der Waals surface area (Å²) in [5.74, 6) is -1.60. The lowest BCUT2D eigenvalue weighted by Crippen LogP contribution is -2.52. The van der Waals surface area contributed by atoms with Crippen molar-refractivity contribution in [3.05, 3.63) is 59.7 Å². The second-order valence-electron chi connectivity index (χ2n) is 8.46. The van der Waals surface area contributed by atoms with Crippen molar-refractivity contribution in [2.45, 2.75) is 51.6 Å². The number of carbonyl (C=O) groups is 3. The van der Waals surface area contributed by atoms with Crippen LogP contribution in [0, 0.1) is 5.92 Å². The van der Waals surface area contributed by atoms with Gasteiger partial charge >= 0.3 is 12.1 Å². The highest BCUT2D eigenvalue weighted by atomic mass is 16.5. The number of alkyl carbamates (subject to hydrolysis) is 1. The van der Waals surface area contributed by atoms with Crippen molar-refractivity contribution in [3.63, 3.8) is 0 Å². The second-order valence-corrected chi connectivity index (χ2v) is 8.46. The molecule has 7 heteroatoms. The SMILES string of the molecule is CC[C@@H](NC(=O)C(CC(C)C)NC(=O)OCC1c2ccccc2-c2ccccc21)C(=O)O. The van der Waals surface area contributed by atoms with Crippen LogP contribution in [0.25, 0.3) is 11.1 Å². The van der Waals surface area contributed by atoms with Crippen LogP contribution in [-0.2, 0) is 14.3 Å². The van der Waals surface area contributed by atoms with Gasteiger partial charge in [-0.3, -0.25) is 4.79 Å². The Morgan fingerprint density at radius 2 is 1.50 bits per heavy atom. The summed E-state index contributed by atoms with van der Waals surface area (Å²) < 4.78 is 5.53. The number of benzene rings is 2. The molecule has 1 aliphatic rings. The van der Waals surface area contributed by atoms with E-state index in [-0.39, 0.29) is 24.9 Å². The number of fused-ring (bicyclic) bond motifs is 3. The molecule has 0 spiro atoms. The average Bonchev–Trinajstić information content (AvgIpc) is 3.08. The third kappa shape index (κ3) is 5.28. The topological polar surface area (TPSA) is 105 Å². The van der Waals surface area contributed by atoms with Gasteiger partial charge in [-0.15, -0.1) is 0 Å². The van der Waals surface area contributed by atoms with Gasteiger partial charge < -0.3 is 20.5 Å². The first-order chi connectivity index (χ1) is 15.3. The van der Waals surface area contributed by atoms with Gasteiger partial charge in [0, 0.05) is 5.92 Å². The number of carboxylic acids is 1. The average molecular weight is 439 g/mol. The Bertz CT molecular complexity index is 942. The van der Waals surface area contributed by atoms with E-state index in [9.17, 15) is 19.5 Å². The van der Waals surface area contributed by atoms with Crippen LogP contribution in [-0.4, -0.2) is 41.8 Å². The maximum absolute atomic E-state index is 12.6. The molecule has 0 radical (unpaired) electrons. The predicted octanol–water partition coefficient (Wildman–Crippen LogP) is 3.92. The Morgan fingerprint density at radius 3 is 2.00 bits per heavy atom. The highest BCUT2D eigenvalue weighted by molar-refractivity contribution is 5.89. The van der Waals surface area contributed by atoms with Crippen LogP contribution in [0.1, 0.15) is 50.7 Å². The fourth-order valence-corrected chi connectivity index (χ4v) is 4.10. The molecule has 0 aliphatic heterocycles. The Labute approximate surface area is 188 Å². The maximum atomic E-state index is 12.6. The summed E-state index contributed by atoms with van der Waals surface area (Å²) in [6.07, 6.45) is -0.0806. The number of rotatable bonds is 9. The molecular formula is C25H30N2O5. The first-order valence-electron chi connectivity index (χ1n) is 11.0. The normalized spacial score (nSPS) is 14.2. The molecule has 7 nitrogen and oxygen atoms in total. The quantitative estimate of drug-likeness (QED) is 0.550. The molecule has 32 heavy (non-hydrogen) atoms. The Balaban J connectivity index is 1.67. The van der Waals surface area contributed by atoms with Gasteiger partial charge in [0.1, 0.15) is 18.7 Å². The highest BCUT2D eigenvalue weighted by Gasteiger charge is 2.30. The third-order valence-corrected chi connectivity index (χ3v) is 5.68. The first-order valence-corrected chi connectivity index (χ1v) is 11.0. The van der Waals surface area contributed by atoms with E-state index in [1.807, 2.05) is 50.2 Å². The molecule has 0 saturated carbocycles. The van der Waals surface area contributed by atoms with Crippen molar-refractivity contribution >= 4 is 18.0 Å². The van der Waals surface area contributed by atoms with Crippen LogP contribution >= 0.6 is 0 Å². The molecule has 0 heterocycles. The second kappa shape index (κ2) is 10.3. The van der Waals surface area contributed by atoms with E-state index in [0.29, 0.717) is 6.42 Å². The van der Waals surface area contributed by atoms with Crippen molar-refractivity contribution in [3.8, 4) is 11.1 Å². The summed E-state index contributed by atoms with van der Waals surface area (Å²) in [6, 6.07) is 14.2. The molecule has 1 unspecified atom stereocenters. The number of aliphatic carboxylic acids is 1. The van der Waals surface area contributed by atoms with Crippen LogP contribution in [0.15, 0.2) is 48.5 Å². The van der Waals surface area contributed by atoms with Crippen LogP contribution < -0.4 is 10.6 Å². The van der Waals surface area contributed by atoms with Gasteiger partial charge in [-0.25, -0.2) is 9.59 Å². The fourth-order valence-electron chi connectivity index (χ4n) is 4.10. The van der Waals surface area contributed by atoms with Crippen LogP contribution in [0.5, 0.6) is 0 Å². The zero-order valence-corrected chi connectivity index (χ0v) is 18.6. The zero-order chi connectivity index (χ0) is 23.3. The summed E-state index contributed by atoms with van der Waals surface area (Å²) in [6.45, 7) is 5.67. The monoisotopic (exact) mass is 438 g/mol. The standard InChI is InChI=1S/C25H30N2O5/c1-4-21(24(29)30)26-23(28)22(13-15(2)3)27-25(31)32-14-20-18-11-7-5-9-16(18)17-10-6-8-12-19(17)20/h5-12,15,20-22H,4,13-14H2,1-3H3,(H,26,28)(H,27,31)(H,29,30)/t21-,22?/m1/s1. The minimum Gasteiger partial charge on any atom is -0.480 e. The number of nitrogens with one attached hydrogen (secondary N) is 2. The van der Waals surface area contributed by atoms with E-state index in [4.69, 9.17) is 4.74 Å². The van der Waals surface area contributed by atoms with Crippen molar-refractivity contribution in [1.82, 2.24) is 10.6 Å². The Hall–Kier alpha value is -3.35. The lowest BCUT2D eigenvalue weighted by molar-refractivity contribution is -0.142. The van der Waals surface area contributed by atoms with E-state index in [1.165, 1.54) is 0 Å². The minimum atomic E-state index is -1.11. The van der Waals surface area contributed by atoms with E-state index in [1.54, 1.807) is 6.92 Å². The molecule has 2 atom stereocenters. The van der Waals surface area contributed by atoms with Crippen LogP contribution in [0.2, 0.25) is 0 Å². The molecule has 170 valence electrons. The van der Waals surface area contributed by atoms with E-state index in [2.05, 4.69) is 22.8 Å². The third-order valence-electron chi connectivity index (χ3n) is 5.68. The number of carboxylic acid groups (broad SMARTS) is 1. The molecule has 2 aromatic rings. The van der Waals surface area contributed by atoms with E-state index < -0.39 is 30.1 Å². The van der Waals surface area contributed by atoms with Gasteiger partial charge in [-0.2, -0.15) is 0 Å². The first kappa shape index (κ1) is 23.3. The van der Waals surface area contributed by atoms with Gasteiger partial charge in [0.05, 0.1) is 0 Å². The van der Waals surface area contributed by atoms with Gasteiger partial charge in [0.25, 0.3) is 0 Å². The summed E-state index contributed by atoms with van der Waals surface area (Å²) in [7, 11) is 0. The lowest BCUT2D eigenvalue weighted by Gasteiger charge is -2.22. The maximum Gasteiger partial charge on any atom is 0.407 e. The van der Waals surface area contributed by atoms with Crippen LogP contribution in [0.3, 0.4) is 0 Å². The summed E-state index contributed by atoms with van der Waals surface area (Å²) >= 11 is 0. The smallest absolute Gasteiger partial charge is 0.407 e. The number of hydrogen-bond acceptors (Lipinski definition) is 4. The zero-order valence-electron chi connectivity index (χ0n) is 18.6. The van der Waals surface area contributed by atoms with Gasteiger partial charge in [0.2, 0.25) is 5.91 Å². The van der Waals surface area contributed by atoms with Crippen molar-refractivity contribution in [1.29, 1.82) is 0 Å². The molecule has 3 rings (SSSR count). The number of carbonyl (C=O) groups excluding carboxylic acids is 2. The fraction of sp³-hybridized carbons (Fsp3) is 0.400. The predicted molar refractivity (Wildman–Crippen MR) is 121 cm³/mol. The van der Waals surface area contributed by atoms with E-state index in [0.717, 1.165) is 22.3 Å². The lowest BCUT2D eigenvalue weighted by atomic mass is 9.98. The molecule has 0 aromatic heterocycles. The highest BCUT2D eigenvalue weighted by Crippen LogP contribution is 2.44. The number of ether oxygens (including phenoxy) is 1. The van der Waals surface area contributed by atoms with Crippen molar-refractivity contribution < 1.29 is 24.2 Å². The molecule has 3 N–H and O–H groups in total. The summed E-state index contributed by atoms with van der Waals surface area (Å²) in [5, 5.41) is 14.3. The molecule has 2 aromatic carbocycles. The minimum absolute atomic E-state index is 0.0815. The van der Waals surface area contributed by atoms with Crippen molar-refractivity contribution in [2.24, 2.45) is 5.92 Å². The Morgan fingerprint density at radius 1 is 0.938 bits per heavy atom. The number of hydrogen-bond donors (Lipinski definition) is 3. The molecule has 0 bridgehead atoms. The molecule has 2 amide bonds. The summed E-state index contributed by atoms with van der Waals surface area (Å²) in [5.41, 5.74) is 4.47. The summed E-state index contributed by atoms with van der Waals surface area (Å²) in [4.78, 5) is 36.5. The van der Waals surface area contributed by atoms with Gasteiger partial charge in [-0.05, 0) is 41.0 Å².